The van der Waals surface area contributed by atoms with Gasteiger partial charge in [-0.25, -0.2) is 0 Å². The molecule has 76 valence electrons. The van der Waals surface area contributed by atoms with Crippen LogP contribution in [0.3, 0.4) is 0 Å². The summed E-state index contributed by atoms with van der Waals surface area (Å²) in [5.41, 5.74) is 0.760. The first kappa shape index (κ1) is 9.86. The molecule has 0 unspecified atom stereocenters. The molecule has 0 fully saturated rings. The minimum Gasteiger partial charge on any atom is -0.497 e. The number of hydrogen-bond donors (Lipinski definition) is 0. The molecule has 0 saturated carbocycles. The van der Waals surface area contributed by atoms with Crippen LogP contribution in [-0.2, 0) is 4.79 Å². The molecule has 0 aliphatic carbocycles. The van der Waals surface area contributed by atoms with Gasteiger partial charge < -0.3 is 4.74 Å². The summed E-state index contributed by atoms with van der Waals surface area (Å²) in [7, 11) is 1.60. The Morgan fingerprint density at radius 1 is 1.20 bits per heavy atom. The van der Waals surface area contributed by atoms with Gasteiger partial charge in [0.1, 0.15) is 10.7 Å². The van der Waals surface area contributed by atoms with Crippen LogP contribution < -0.4 is 9.64 Å². The van der Waals surface area contributed by atoms with E-state index in [9.17, 15) is 4.79 Å². The van der Waals surface area contributed by atoms with Gasteiger partial charge >= 0.3 is 0 Å². The largest absolute Gasteiger partial charge is 0.497 e. The molecule has 1 heterocycles. The maximum absolute atomic E-state index is 11.5. The molecule has 0 radical (unpaired) electrons. The van der Waals surface area contributed by atoms with Crippen molar-refractivity contribution in [3.63, 3.8) is 0 Å². The van der Waals surface area contributed by atoms with Gasteiger partial charge in [0.2, 0.25) is 0 Å². The fourth-order valence-corrected chi connectivity index (χ4v) is 1.65. The zero-order valence-electron chi connectivity index (χ0n) is 8.14. The highest BCUT2D eigenvalue weighted by Gasteiger charge is 2.21. The summed E-state index contributed by atoms with van der Waals surface area (Å²) in [5.74, 6) is 0.648. The number of carbonyl (C=O) groups excluding carboxylic acids is 1. The van der Waals surface area contributed by atoms with E-state index in [4.69, 9.17) is 17.0 Å². The van der Waals surface area contributed by atoms with E-state index in [1.807, 2.05) is 0 Å². The van der Waals surface area contributed by atoms with Crippen molar-refractivity contribution in [2.24, 2.45) is 0 Å². The van der Waals surface area contributed by atoms with Crippen LogP contribution >= 0.6 is 12.2 Å². The summed E-state index contributed by atoms with van der Waals surface area (Å²) < 4.78 is 5.03. The highest BCUT2D eigenvalue weighted by Crippen LogP contribution is 2.22. The van der Waals surface area contributed by atoms with Crippen LogP contribution in [0.15, 0.2) is 36.4 Å². The molecule has 1 aliphatic rings. The number of benzene rings is 1. The summed E-state index contributed by atoms with van der Waals surface area (Å²) in [6.07, 6.45) is 3.09. The summed E-state index contributed by atoms with van der Waals surface area (Å²) in [5, 5.41) is 0. The monoisotopic (exact) mass is 219 g/mol. The van der Waals surface area contributed by atoms with Gasteiger partial charge in [0.05, 0.1) is 12.8 Å². The average molecular weight is 219 g/mol. The zero-order valence-corrected chi connectivity index (χ0v) is 8.95. The minimum atomic E-state index is -0.106. The van der Waals surface area contributed by atoms with E-state index in [1.54, 1.807) is 37.5 Å². The lowest BCUT2D eigenvalue weighted by molar-refractivity contribution is -0.113. The number of ether oxygens (including phenoxy) is 1. The second-order valence-electron chi connectivity index (χ2n) is 3.04. The van der Waals surface area contributed by atoms with E-state index in [-0.39, 0.29) is 5.91 Å². The number of hydrogen-bond acceptors (Lipinski definition) is 3. The van der Waals surface area contributed by atoms with E-state index >= 15 is 0 Å². The zero-order chi connectivity index (χ0) is 10.8. The quantitative estimate of drug-likeness (QED) is 0.712. The molecule has 0 saturated heterocycles. The SMILES string of the molecule is COc1ccc(N2C(=O)C=CC2=S)cc1. The Bertz CT molecular complexity index is 418. The summed E-state index contributed by atoms with van der Waals surface area (Å²) in [4.78, 5) is 13.5. The maximum atomic E-state index is 11.5. The topological polar surface area (TPSA) is 29.5 Å². The van der Waals surface area contributed by atoms with Crippen molar-refractivity contribution in [3.8, 4) is 5.75 Å². The predicted molar refractivity (Wildman–Crippen MR) is 62.2 cm³/mol. The van der Waals surface area contributed by atoms with Crippen LogP contribution in [0.4, 0.5) is 5.69 Å². The molecule has 0 bridgehead atoms. The van der Waals surface area contributed by atoms with Crippen molar-refractivity contribution in [1.82, 2.24) is 0 Å². The van der Waals surface area contributed by atoms with E-state index in [2.05, 4.69) is 0 Å². The standard InChI is InChI=1S/C11H9NO2S/c1-14-9-4-2-8(3-5-9)12-10(13)6-7-11(12)15/h2-7H,1H3. The molecule has 15 heavy (non-hydrogen) atoms. The Morgan fingerprint density at radius 3 is 2.33 bits per heavy atom. The number of methoxy groups -OCH3 is 1. The van der Waals surface area contributed by atoms with Crippen molar-refractivity contribution < 1.29 is 9.53 Å². The van der Waals surface area contributed by atoms with Gasteiger partial charge in [-0.3, -0.25) is 9.69 Å². The Hall–Kier alpha value is -1.68. The third kappa shape index (κ3) is 1.76. The summed E-state index contributed by atoms with van der Waals surface area (Å²) >= 11 is 5.05. The van der Waals surface area contributed by atoms with Crippen molar-refractivity contribution >= 4 is 28.8 Å². The number of amides is 1. The first-order valence-electron chi connectivity index (χ1n) is 4.42. The fraction of sp³-hybridized carbons (Fsp3) is 0.0909. The Kier molecular flexibility index (Phi) is 2.51. The normalized spacial score (nSPS) is 14.9. The molecule has 1 amide bonds. The molecule has 0 spiro atoms. The average Bonchev–Trinajstić information content (AvgIpc) is 2.59. The van der Waals surface area contributed by atoms with Crippen LogP contribution in [0.1, 0.15) is 0 Å². The van der Waals surface area contributed by atoms with Gasteiger partial charge in [-0.2, -0.15) is 0 Å². The first-order chi connectivity index (χ1) is 7.22. The second-order valence-corrected chi connectivity index (χ2v) is 3.46. The predicted octanol–water partition coefficient (Wildman–Crippen LogP) is 1.93. The van der Waals surface area contributed by atoms with Crippen molar-refractivity contribution in [3.05, 3.63) is 36.4 Å². The molecule has 2 rings (SSSR count). The van der Waals surface area contributed by atoms with Crippen LogP contribution in [0.25, 0.3) is 0 Å². The van der Waals surface area contributed by atoms with Gasteiger partial charge in [0, 0.05) is 6.08 Å². The van der Waals surface area contributed by atoms with Crippen molar-refractivity contribution in [2.45, 2.75) is 0 Å². The molecule has 0 aromatic heterocycles. The second kappa shape index (κ2) is 3.82. The lowest BCUT2D eigenvalue weighted by Gasteiger charge is -2.15. The Labute approximate surface area is 93.0 Å². The molecule has 1 aliphatic heterocycles. The maximum Gasteiger partial charge on any atom is 0.256 e. The molecule has 0 N–H and O–H groups in total. The van der Waals surface area contributed by atoms with E-state index < -0.39 is 0 Å². The van der Waals surface area contributed by atoms with Gasteiger partial charge in [-0.15, -0.1) is 0 Å². The van der Waals surface area contributed by atoms with Crippen molar-refractivity contribution in [2.75, 3.05) is 12.0 Å². The molecule has 1 aromatic carbocycles. The van der Waals surface area contributed by atoms with Crippen LogP contribution in [0.2, 0.25) is 0 Å². The van der Waals surface area contributed by atoms with Gasteiger partial charge in [-0.05, 0) is 30.3 Å². The van der Waals surface area contributed by atoms with E-state index in [0.29, 0.717) is 4.99 Å². The highest BCUT2D eigenvalue weighted by atomic mass is 32.1. The molecule has 3 nitrogen and oxygen atoms in total. The summed E-state index contributed by atoms with van der Waals surface area (Å²) in [6.45, 7) is 0. The molecule has 1 aromatic rings. The number of nitrogens with zero attached hydrogens (tertiary/aromatic N) is 1. The van der Waals surface area contributed by atoms with Gasteiger partial charge in [0.25, 0.3) is 5.91 Å². The fourth-order valence-electron chi connectivity index (χ4n) is 1.39. The van der Waals surface area contributed by atoms with Crippen molar-refractivity contribution in [1.29, 1.82) is 0 Å². The van der Waals surface area contributed by atoms with Crippen LogP contribution in [-0.4, -0.2) is 18.0 Å². The Balaban J connectivity index is 2.30. The number of thiocarbonyl (C=S) groups is 1. The van der Waals surface area contributed by atoms with E-state index in [0.717, 1.165) is 11.4 Å². The number of anilines is 1. The van der Waals surface area contributed by atoms with Gasteiger partial charge in [-0.1, -0.05) is 12.2 Å². The molecule has 4 heteroatoms. The lowest BCUT2D eigenvalue weighted by Crippen LogP contribution is -2.28. The third-order valence-electron chi connectivity index (χ3n) is 2.14. The van der Waals surface area contributed by atoms with Crippen LogP contribution in [0.5, 0.6) is 5.75 Å². The van der Waals surface area contributed by atoms with Gasteiger partial charge in [0.15, 0.2) is 0 Å². The lowest BCUT2D eigenvalue weighted by atomic mass is 10.3. The van der Waals surface area contributed by atoms with E-state index in [1.165, 1.54) is 11.0 Å². The smallest absolute Gasteiger partial charge is 0.256 e. The third-order valence-corrected chi connectivity index (χ3v) is 2.46. The molecular weight excluding hydrogens is 210 g/mol. The molecular formula is C11H9NO2S. The highest BCUT2D eigenvalue weighted by molar-refractivity contribution is 7.81. The Morgan fingerprint density at radius 2 is 1.87 bits per heavy atom. The number of carbonyl (C=O) groups is 1. The summed E-state index contributed by atoms with van der Waals surface area (Å²) in [6, 6.07) is 7.19. The van der Waals surface area contributed by atoms with Crippen LogP contribution in [0, 0.1) is 0 Å². The molecule has 0 atom stereocenters. The first-order valence-corrected chi connectivity index (χ1v) is 4.83. The number of rotatable bonds is 2. The minimum absolute atomic E-state index is 0.106.